The van der Waals surface area contributed by atoms with E-state index in [9.17, 15) is 14.7 Å². The molecule has 5 aliphatic rings. The lowest BCUT2D eigenvalue weighted by atomic mass is 9.68. The monoisotopic (exact) mass is 452 g/mol. The van der Waals surface area contributed by atoms with Crippen LogP contribution in [0.5, 0.6) is 5.75 Å². The molecular formula is C27H32O6. The van der Waals surface area contributed by atoms with Crippen molar-refractivity contribution in [3.8, 4) is 5.75 Å². The van der Waals surface area contributed by atoms with E-state index < -0.39 is 18.2 Å². The second-order valence-electron chi connectivity index (χ2n) is 10.1. The second kappa shape index (κ2) is 9.07. The van der Waals surface area contributed by atoms with Crippen molar-refractivity contribution in [1.29, 1.82) is 0 Å². The summed E-state index contributed by atoms with van der Waals surface area (Å²) >= 11 is 0. The molecule has 6 rings (SSSR count). The van der Waals surface area contributed by atoms with E-state index in [1.54, 1.807) is 7.11 Å². The summed E-state index contributed by atoms with van der Waals surface area (Å²) in [5, 5.41) is 10.7. The molecule has 6 nitrogen and oxygen atoms in total. The van der Waals surface area contributed by atoms with E-state index in [1.807, 2.05) is 30.3 Å². The molecule has 2 heterocycles. The third kappa shape index (κ3) is 4.38. The highest BCUT2D eigenvalue weighted by molar-refractivity contribution is 6.18. The van der Waals surface area contributed by atoms with E-state index >= 15 is 0 Å². The molecule has 1 saturated heterocycles. The van der Waals surface area contributed by atoms with Crippen LogP contribution in [0.2, 0.25) is 0 Å². The Bertz CT molecular complexity index is 943. The predicted molar refractivity (Wildman–Crippen MR) is 121 cm³/mol. The molecule has 2 bridgehead atoms. The zero-order chi connectivity index (χ0) is 23.1. The minimum absolute atomic E-state index is 0.00726. The fourth-order valence-corrected chi connectivity index (χ4v) is 6.28. The highest BCUT2D eigenvalue weighted by atomic mass is 16.5. The number of ether oxygens (including phenoxy) is 3. The average Bonchev–Trinajstić information content (AvgIpc) is 3.11. The van der Waals surface area contributed by atoms with Crippen molar-refractivity contribution in [2.45, 2.75) is 57.5 Å². The highest BCUT2D eigenvalue weighted by Crippen LogP contribution is 2.50. The molecule has 1 aromatic rings. The van der Waals surface area contributed by atoms with Crippen LogP contribution in [-0.4, -0.2) is 42.3 Å². The number of fused-ring (bicyclic) bond motifs is 5. The number of aliphatic hydroxyl groups excluding tert-OH is 1. The van der Waals surface area contributed by atoms with E-state index in [0.717, 1.165) is 17.7 Å². The van der Waals surface area contributed by atoms with E-state index in [-0.39, 0.29) is 47.6 Å². The van der Waals surface area contributed by atoms with Gasteiger partial charge in [0.2, 0.25) is 0 Å². The summed E-state index contributed by atoms with van der Waals surface area (Å²) in [6.45, 7) is 2.74. The van der Waals surface area contributed by atoms with E-state index in [0.29, 0.717) is 25.4 Å². The zero-order valence-corrected chi connectivity index (χ0v) is 19.2. The number of rotatable bonds is 4. The van der Waals surface area contributed by atoms with E-state index in [2.05, 4.69) is 19.1 Å². The van der Waals surface area contributed by atoms with Crippen LogP contribution in [0.15, 0.2) is 48.1 Å². The first-order chi connectivity index (χ1) is 15.9. The Labute approximate surface area is 194 Å². The maximum atomic E-state index is 12.7. The summed E-state index contributed by atoms with van der Waals surface area (Å²) in [6, 6.07) is 7.91. The van der Waals surface area contributed by atoms with Crippen LogP contribution >= 0.6 is 0 Å². The molecule has 6 heteroatoms. The number of hydrogen-bond acceptors (Lipinski definition) is 6. The fourth-order valence-electron chi connectivity index (χ4n) is 6.28. The van der Waals surface area contributed by atoms with Crippen LogP contribution in [0, 0.1) is 29.6 Å². The maximum absolute atomic E-state index is 12.7. The third-order valence-corrected chi connectivity index (χ3v) is 7.89. The molecule has 2 aliphatic heterocycles. The summed E-state index contributed by atoms with van der Waals surface area (Å²) in [4.78, 5) is 25.3. The SMILES string of the molecule is COc1ccc(CO[C@@H]2[C@H]3C=C[C@@H]4C[C@@H](O)C[C@@H]5CC(=O)C(=C[C@@H]4[C@H]3C[C@H]2C)C(=O)O5)cc1. The number of hydrogen-bond donors (Lipinski definition) is 1. The molecule has 176 valence electrons. The van der Waals surface area contributed by atoms with E-state index in [4.69, 9.17) is 14.2 Å². The van der Waals surface area contributed by atoms with Gasteiger partial charge in [0, 0.05) is 18.8 Å². The molecule has 0 aromatic heterocycles. The molecule has 1 N–H and O–H groups in total. The van der Waals surface area contributed by atoms with Crippen molar-refractivity contribution in [2.75, 3.05) is 7.11 Å². The van der Waals surface area contributed by atoms with Crippen molar-refractivity contribution < 1.29 is 28.9 Å². The minimum Gasteiger partial charge on any atom is -0.497 e. The topological polar surface area (TPSA) is 82.1 Å². The molecule has 2 fully saturated rings. The van der Waals surface area contributed by atoms with Crippen LogP contribution in [-0.2, 0) is 25.7 Å². The van der Waals surface area contributed by atoms with Crippen LogP contribution in [0.25, 0.3) is 0 Å². The molecule has 33 heavy (non-hydrogen) atoms. The Morgan fingerprint density at radius 1 is 1.06 bits per heavy atom. The quantitative estimate of drug-likeness (QED) is 0.427. The second-order valence-corrected chi connectivity index (χ2v) is 10.1. The number of ketones is 1. The Balaban J connectivity index is 1.39. The first kappa shape index (κ1) is 22.4. The van der Waals surface area contributed by atoms with Gasteiger partial charge in [-0.15, -0.1) is 0 Å². The molecule has 0 amide bonds. The normalized spacial score (nSPS) is 37.7. The van der Waals surface area contributed by atoms with Gasteiger partial charge in [-0.1, -0.05) is 37.3 Å². The average molecular weight is 453 g/mol. The van der Waals surface area contributed by atoms with Gasteiger partial charge in [0.25, 0.3) is 0 Å². The Morgan fingerprint density at radius 2 is 1.85 bits per heavy atom. The number of Topliss-reactive ketones (excluding diaryl/α,β-unsaturated/α-hetero) is 1. The Kier molecular flexibility index (Phi) is 6.14. The molecule has 8 atom stereocenters. The molecule has 0 radical (unpaired) electrons. The summed E-state index contributed by atoms with van der Waals surface area (Å²) < 4.78 is 17.1. The Hall–Kier alpha value is -2.44. The van der Waals surface area contributed by atoms with Crippen LogP contribution in [0.1, 0.15) is 38.2 Å². The van der Waals surface area contributed by atoms with Gasteiger partial charge < -0.3 is 19.3 Å². The summed E-state index contributed by atoms with van der Waals surface area (Å²) in [6.07, 6.45) is 7.30. The standard InChI is InChI=1S/C27H32O6/c1-15-9-23-21(26(15)32-14-16-3-6-19(31-2)7-4-16)8-5-17-10-18(28)11-20-12-25(29)24(13-22(17)23)27(30)33-20/h3-8,13,15,17-18,20-23,26,28H,9-12,14H2,1-2H3/t15-,17-,18-,20-,21+,22+,23+,26+/m1/s1. The molecule has 0 spiro atoms. The predicted octanol–water partition coefficient (Wildman–Crippen LogP) is 3.62. The third-order valence-electron chi connectivity index (χ3n) is 7.89. The minimum atomic E-state index is -0.599. The fraction of sp³-hybridized carbons (Fsp3) is 0.556. The Morgan fingerprint density at radius 3 is 2.58 bits per heavy atom. The first-order valence-electron chi connectivity index (χ1n) is 12.0. The van der Waals surface area contributed by atoms with Crippen molar-refractivity contribution in [2.24, 2.45) is 29.6 Å². The van der Waals surface area contributed by atoms with Gasteiger partial charge in [-0.25, -0.2) is 4.79 Å². The smallest absolute Gasteiger partial charge is 0.341 e. The molecule has 3 aliphatic carbocycles. The van der Waals surface area contributed by atoms with Gasteiger partial charge in [-0.05, 0) is 54.2 Å². The lowest BCUT2D eigenvalue weighted by Crippen LogP contribution is -2.40. The lowest BCUT2D eigenvalue weighted by Gasteiger charge is -2.39. The zero-order valence-electron chi connectivity index (χ0n) is 19.2. The number of esters is 1. The summed E-state index contributed by atoms with van der Waals surface area (Å²) in [5.41, 5.74) is 1.29. The first-order valence-corrected chi connectivity index (χ1v) is 12.0. The number of methoxy groups -OCH3 is 1. The highest BCUT2D eigenvalue weighted by Gasteiger charge is 2.48. The van der Waals surface area contributed by atoms with Crippen LogP contribution < -0.4 is 4.74 Å². The number of carbonyl (C=O) groups is 2. The van der Waals surface area contributed by atoms with Gasteiger partial charge in [0.1, 0.15) is 11.9 Å². The molecule has 0 unspecified atom stereocenters. The summed E-state index contributed by atoms with van der Waals surface area (Å²) in [5.74, 6) is 1.05. The molecule has 1 saturated carbocycles. The van der Waals surface area contributed by atoms with Gasteiger partial charge >= 0.3 is 5.97 Å². The summed E-state index contributed by atoms with van der Waals surface area (Å²) in [7, 11) is 1.65. The number of aliphatic hydroxyl groups is 1. The largest absolute Gasteiger partial charge is 0.497 e. The number of benzene rings is 1. The van der Waals surface area contributed by atoms with Crippen LogP contribution in [0.4, 0.5) is 0 Å². The van der Waals surface area contributed by atoms with Gasteiger partial charge in [-0.2, -0.15) is 0 Å². The van der Waals surface area contributed by atoms with Gasteiger partial charge in [-0.3, -0.25) is 4.79 Å². The van der Waals surface area contributed by atoms with Crippen molar-refractivity contribution >= 4 is 11.8 Å². The lowest BCUT2D eigenvalue weighted by molar-refractivity contribution is -0.153. The molecular weight excluding hydrogens is 420 g/mol. The van der Waals surface area contributed by atoms with Gasteiger partial charge in [0.05, 0.1) is 31.5 Å². The molecule has 1 aromatic carbocycles. The van der Waals surface area contributed by atoms with E-state index in [1.165, 1.54) is 0 Å². The van der Waals surface area contributed by atoms with Crippen molar-refractivity contribution in [3.63, 3.8) is 0 Å². The number of allylic oxidation sites excluding steroid dienone is 2. The number of carbonyl (C=O) groups excluding carboxylic acids is 2. The van der Waals surface area contributed by atoms with Crippen LogP contribution in [0.3, 0.4) is 0 Å². The maximum Gasteiger partial charge on any atom is 0.341 e. The van der Waals surface area contributed by atoms with Gasteiger partial charge in [0.15, 0.2) is 5.78 Å². The van der Waals surface area contributed by atoms with Crippen molar-refractivity contribution in [1.82, 2.24) is 0 Å². The van der Waals surface area contributed by atoms with Crippen molar-refractivity contribution in [3.05, 3.63) is 53.6 Å².